The van der Waals surface area contributed by atoms with E-state index in [9.17, 15) is 4.79 Å². The molecular formula is C24H26ClNO. The fourth-order valence-electron chi connectivity index (χ4n) is 2.72. The quantitative estimate of drug-likeness (QED) is 0.259. The Morgan fingerprint density at radius 3 is 2.52 bits per heavy atom. The highest BCUT2D eigenvalue weighted by Crippen LogP contribution is 2.28. The van der Waals surface area contributed by atoms with Crippen LogP contribution in [0.4, 0.5) is 0 Å². The van der Waals surface area contributed by atoms with E-state index < -0.39 is 0 Å². The van der Waals surface area contributed by atoms with Crippen molar-refractivity contribution < 1.29 is 4.79 Å². The van der Waals surface area contributed by atoms with Gasteiger partial charge in [-0.3, -0.25) is 4.79 Å². The van der Waals surface area contributed by atoms with E-state index in [0.29, 0.717) is 11.6 Å². The molecule has 0 aliphatic heterocycles. The number of carbonyl (C=O) groups is 1. The van der Waals surface area contributed by atoms with E-state index >= 15 is 0 Å². The Hall–Kier alpha value is -2.58. The lowest BCUT2D eigenvalue weighted by molar-refractivity contribution is -0.116. The molecule has 0 bridgehead atoms. The molecule has 0 saturated heterocycles. The lowest BCUT2D eigenvalue weighted by atomic mass is 10.00. The highest BCUT2D eigenvalue weighted by molar-refractivity contribution is 6.32. The first-order valence-corrected chi connectivity index (χ1v) is 9.55. The molecule has 2 rings (SSSR count). The predicted octanol–water partition coefficient (Wildman–Crippen LogP) is 6.00. The van der Waals surface area contributed by atoms with Gasteiger partial charge < -0.3 is 5.32 Å². The Balaban J connectivity index is 2.37. The molecule has 0 aliphatic rings. The fourth-order valence-corrected chi connectivity index (χ4v) is 3.06. The van der Waals surface area contributed by atoms with Gasteiger partial charge in [0.05, 0.1) is 0 Å². The third-order valence-electron chi connectivity index (χ3n) is 4.11. The van der Waals surface area contributed by atoms with E-state index in [1.54, 1.807) is 12.2 Å². The Morgan fingerprint density at radius 1 is 1.15 bits per heavy atom. The molecule has 0 saturated carbocycles. The van der Waals surface area contributed by atoms with Crippen molar-refractivity contribution in [2.45, 2.75) is 26.7 Å². The van der Waals surface area contributed by atoms with Gasteiger partial charge in [0, 0.05) is 23.2 Å². The molecule has 2 aromatic rings. The second-order valence-electron chi connectivity index (χ2n) is 6.44. The summed E-state index contributed by atoms with van der Waals surface area (Å²) in [7, 11) is 0. The predicted molar refractivity (Wildman–Crippen MR) is 117 cm³/mol. The van der Waals surface area contributed by atoms with Crippen molar-refractivity contribution in [1.82, 2.24) is 5.32 Å². The average Bonchev–Trinajstić information content (AvgIpc) is 2.65. The van der Waals surface area contributed by atoms with Crippen LogP contribution in [0, 0.1) is 6.92 Å². The third kappa shape index (κ3) is 6.58. The number of halogens is 1. The highest BCUT2D eigenvalue weighted by Gasteiger charge is 2.06. The summed E-state index contributed by atoms with van der Waals surface area (Å²) in [5, 5.41) is 3.41. The molecule has 1 N–H and O–H groups in total. The molecule has 140 valence electrons. The molecule has 0 spiro atoms. The van der Waals surface area contributed by atoms with Gasteiger partial charge in [-0.2, -0.15) is 0 Å². The number of hydrogen-bond donors (Lipinski definition) is 1. The first-order valence-electron chi connectivity index (χ1n) is 9.17. The number of hydrogen-bond acceptors (Lipinski definition) is 1. The summed E-state index contributed by atoms with van der Waals surface area (Å²) in [6, 6.07) is 14.4. The van der Waals surface area contributed by atoms with Crippen LogP contribution in [0.1, 0.15) is 35.6 Å². The van der Waals surface area contributed by atoms with Gasteiger partial charge in [-0.1, -0.05) is 67.4 Å². The molecule has 0 unspecified atom stereocenters. The number of rotatable bonds is 8. The van der Waals surface area contributed by atoms with Crippen molar-refractivity contribution in [1.29, 1.82) is 0 Å². The molecule has 0 fully saturated rings. The lowest BCUT2D eigenvalue weighted by Gasteiger charge is -2.08. The van der Waals surface area contributed by atoms with Gasteiger partial charge in [-0.25, -0.2) is 0 Å². The summed E-state index contributed by atoms with van der Waals surface area (Å²) in [6.45, 7) is 8.22. The summed E-state index contributed by atoms with van der Waals surface area (Å²) in [4.78, 5) is 11.9. The maximum absolute atomic E-state index is 11.9. The summed E-state index contributed by atoms with van der Waals surface area (Å²) in [5.74, 6) is -0.165. The Bertz CT molecular complexity index is 847. The number of carbonyl (C=O) groups excluding carboxylic acids is 1. The van der Waals surface area contributed by atoms with Crippen LogP contribution < -0.4 is 5.32 Å². The zero-order valence-corrected chi connectivity index (χ0v) is 16.7. The first-order chi connectivity index (χ1) is 13.0. The number of aryl methyl sites for hydroxylation is 2. The van der Waals surface area contributed by atoms with E-state index in [1.165, 1.54) is 11.6 Å². The molecule has 0 aromatic heterocycles. The largest absolute Gasteiger partial charge is 0.349 e. The highest BCUT2D eigenvalue weighted by atomic mass is 35.5. The first kappa shape index (κ1) is 20.7. The van der Waals surface area contributed by atoms with Gasteiger partial charge in [0.1, 0.15) is 0 Å². The molecule has 1 amide bonds. The third-order valence-corrected chi connectivity index (χ3v) is 4.42. The average molecular weight is 380 g/mol. The van der Waals surface area contributed by atoms with Crippen LogP contribution in [0.2, 0.25) is 5.02 Å². The maximum atomic E-state index is 11.9. The number of allylic oxidation sites excluding steroid dienone is 2. The Labute approximate surface area is 167 Å². The zero-order valence-electron chi connectivity index (χ0n) is 16.0. The van der Waals surface area contributed by atoms with Crippen LogP contribution in [0.5, 0.6) is 0 Å². The van der Waals surface area contributed by atoms with Crippen molar-refractivity contribution in [3.05, 3.63) is 94.5 Å². The molecule has 0 aliphatic carbocycles. The molecule has 2 aromatic carbocycles. The minimum absolute atomic E-state index is 0.165. The van der Waals surface area contributed by atoms with Crippen molar-refractivity contribution in [3.8, 4) is 0 Å². The fraction of sp³-hybridized carbons (Fsp3) is 0.208. The summed E-state index contributed by atoms with van der Waals surface area (Å²) < 4.78 is 0. The van der Waals surface area contributed by atoms with Crippen LogP contribution in [0.25, 0.3) is 11.6 Å². The molecule has 27 heavy (non-hydrogen) atoms. The van der Waals surface area contributed by atoms with Crippen LogP contribution in [-0.4, -0.2) is 12.5 Å². The van der Waals surface area contributed by atoms with Crippen molar-refractivity contribution >= 4 is 29.2 Å². The number of nitrogens with one attached hydrogen (secondary N) is 1. The number of amides is 1. The maximum Gasteiger partial charge on any atom is 0.244 e. The molecular weight excluding hydrogens is 354 g/mol. The standard InChI is InChI=1S/C24H26ClNO/c1-4-6-19-8-10-20(11-9-19)17-21(12-14-24(27)26-15-5-2)22-13-7-18(3)16-23(22)25/h5,7-14,16-17H,2,4,6,15H2,1,3H3,(H,26,27)/b14-12+,21-17-. The van der Waals surface area contributed by atoms with E-state index in [-0.39, 0.29) is 5.91 Å². The molecule has 0 heterocycles. The van der Waals surface area contributed by atoms with Crippen LogP contribution in [0.15, 0.2) is 67.3 Å². The molecule has 2 nitrogen and oxygen atoms in total. The molecule has 3 heteroatoms. The monoisotopic (exact) mass is 379 g/mol. The van der Waals surface area contributed by atoms with Gasteiger partial charge in [0.2, 0.25) is 5.91 Å². The second kappa shape index (κ2) is 10.5. The van der Waals surface area contributed by atoms with Crippen molar-refractivity contribution in [2.24, 2.45) is 0 Å². The van der Waals surface area contributed by atoms with E-state index in [1.807, 2.05) is 31.2 Å². The summed E-state index contributed by atoms with van der Waals surface area (Å²) in [5.41, 5.74) is 5.27. The van der Waals surface area contributed by atoms with Gasteiger partial charge in [-0.15, -0.1) is 6.58 Å². The van der Waals surface area contributed by atoms with Gasteiger partial charge in [-0.05, 0) is 53.8 Å². The van der Waals surface area contributed by atoms with Crippen LogP contribution >= 0.6 is 11.6 Å². The Morgan fingerprint density at radius 2 is 1.89 bits per heavy atom. The van der Waals surface area contributed by atoms with Crippen molar-refractivity contribution in [2.75, 3.05) is 6.54 Å². The molecule has 0 atom stereocenters. The van der Waals surface area contributed by atoms with Crippen LogP contribution in [-0.2, 0) is 11.2 Å². The Kier molecular flexibility index (Phi) is 8.09. The van der Waals surface area contributed by atoms with Gasteiger partial charge in [0.25, 0.3) is 0 Å². The smallest absolute Gasteiger partial charge is 0.244 e. The topological polar surface area (TPSA) is 29.1 Å². The van der Waals surface area contributed by atoms with Crippen molar-refractivity contribution in [3.63, 3.8) is 0 Å². The minimum atomic E-state index is -0.165. The number of benzene rings is 2. The molecule has 0 radical (unpaired) electrons. The van der Waals surface area contributed by atoms with E-state index in [4.69, 9.17) is 11.6 Å². The van der Waals surface area contributed by atoms with Gasteiger partial charge >= 0.3 is 0 Å². The second-order valence-corrected chi connectivity index (χ2v) is 6.85. The minimum Gasteiger partial charge on any atom is -0.349 e. The van der Waals surface area contributed by atoms with Crippen LogP contribution in [0.3, 0.4) is 0 Å². The van der Waals surface area contributed by atoms with E-state index in [0.717, 1.165) is 35.1 Å². The lowest BCUT2D eigenvalue weighted by Crippen LogP contribution is -2.20. The SMILES string of the molecule is C=CCNC(=O)/C=C/C(=C/c1ccc(CCC)cc1)c1ccc(C)cc1Cl. The van der Waals surface area contributed by atoms with E-state index in [2.05, 4.69) is 43.1 Å². The zero-order chi connectivity index (χ0) is 19.6. The van der Waals surface area contributed by atoms with Gasteiger partial charge in [0.15, 0.2) is 0 Å². The summed E-state index contributed by atoms with van der Waals surface area (Å²) >= 11 is 6.47. The summed E-state index contributed by atoms with van der Waals surface area (Å²) in [6.07, 6.45) is 9.22. The normalized spacial score (nSPS) is 11.6.